The third-order valence-corrected chi connectivity index (χ3v) is 7.75. The number of carboxylic acids is 1. The zero-order valence-electron chi connectivity index (χ0n) is 23.2. The largest absolute Gasteiger partial charge is 0.490 e. The number of furan rings is 1. The molecule has 0 bridgehead atoms. The second-order valence-corrected chi connectivity index (χ2v) is 11.4. The molecule has 11 heteroatoms. The Labute approximate surface area is 267 Å². The molecule has 2 heterocycles. The van der Waals surface area contributed by atoms with E-state index in [1.807, 2.05) is 37.3 Å². The SMILES string of the molecule is CCOc1cc(C=Nn2c(-c3cc4cc(Br)ccc4o3)nc3ccccc3c2=O)cc(Br)c1OCc1cccc(C(=O)O)c1. The minimum Gasteiger partial charge on any atom is -0.490 e. The summed E-state index contributed by atoms with van der Waals surface area (Å²) in [5, 5.41) is 15.1. The highest BCUT2D eigenvalue weighted by Crippen LogP contribution is 2.37. The van der Waals surface area contributed by atoms with Gasteiger partial charge in [-0.2, -0.15) is 9.78 Å². The van der Waals surface area contributed by atoms with Gasteiger partial charge in [0.15, 0.2) is 17.3 Å². The number of para-hydroxylation sites is 1. The summed E-state index contributed by atoms with van der Waals surface area (Å²) >= 11 is 7.05. The molecule has 6 rings (SSSR count). The fourth-order valence-electron chi connectivity index (χ4n) is 4.65. The predicted octanol–water partition coefficient (Wildman–Crippen LogP) is 7.89. The zero-order valence-corrected chi connectivity index (χ0v) is 26.3. The third kappa shape index (κ3) is 6.01. The first-order chi connectivity index (χ1) is 21.3. The van der Waals surface area contributed by atoms with E-state index in [2.05, 4.69) is 37.0 Å². The van der Waals surface area contributed by atoms with Gasteiger partial charge in [-0.15, -0.1) is 0 Å². The van der Waals surface area contributed by atoms with Crippen molar-refractivity contribution in [3.63, 3.8) is 0 Å². The Bertz CT molecular complexity index is 2140. The number of benzene rings is 4. The fraction of sp³-hybridized carbons (Fsp3) is 0.0909. The molecule has 0 amide bonds. The molecule has 0 radical (unpaired) electrons. The van der Waals surface area contributed by atoms with E-state index < -0.39 is 5.97 Å². The van der Waals surface area contributed by atoms with Crippen LogP contribution in [0.3, 0.4) is 0 Å². The van der Waals surface area contributed by atoms with Gasteiger partial charge in [0.1, 0.15) is 12.2 Å². The van der Waals surface area contributed by atoms with E-state index in [1.165, 1.54) is 17.0 Å². The van der Waals surface area contributed by atoms with Crippen LogP contribution in [0.4, 0.5) is 0 Å². The van der Waals surface area contributed by atoms with Crippen LogP contribution < -0.4 is 15.0 Å². The molecule has 6 aromatic rings. The van der Waals surface area contributed by atoms with Crippen LogP contribution in [0.5, 0.6) is 11.5 Å². The number of ether oxygens (including phenoxy) is 2. The molecule has 0 unspecified atom stereocenters. The van der Waals surface area contributed by atoms with Gasteiger partial charge in [-0.3, -0.25) is 4.79 Å². The molecule has 44 heavy (non-hydrogen) atoms. The topological polar surface area (TPSA) is 116 Å². The zero-order chi connectivity index (χ0) is 30.8. The number of fused-ring (bicyclic) bond motifs is 2. The van der Waals surface area contributed by atoms with Gasteiger partial charge in [0.2, 0.25) is 5.82 Å². The molecule has 0 fully saturated rings. The minimum atomic E-state index is -1.01. The average Bonchev–Trinajstić information content (AvgIpc) is 3.43. The van der Waals surface area contributed by atoms with Crippen LogP contribution in [0.1, 0.15) is 28.4 Å². The molecule has 0 aliphatic carbocycles. The summed E-state index contributed by atoms with van der Waals surface area (Å²) in [4.78, 5) is 29.7. The minimum absolute atomic E-state index is 0.128. The Morgan fingerprint density at radius 3 is 2.68 bits per heavy atom. The van der Waals surface area contributed by atoms with Crippen LogP contribution in [0.25, 0.3) is 33.5 Å². The third-order valence-electron chi connectivity index (χ3n) is 6.66. The first kappa shape index (κ1) is 29.3. The van der Waals surface area contributed by atoms with Gasteiger partial charge in [-0.1, -0.05) is 40.2 Å². The highest BCUT2D eigenvalue weighted by atomic mass is 79.9. The highest BCUT2D eigenvalue weighted by molar-refractivity contribution is 9.10. The second-order valence-electron chi connectivity index (χ2n) is 9.66. The molecular formula is C33H23Br2N3O6. The first-order valence-corrected chi connectivity index (χ1v) is 15.1. The first-order valence-electron chi connectivity index (χ1n) is 13.5. The highest BCUT2D eigenvalue weighted by Gasteiger charge is 2.18. The van der Waals surface area contributed by atoms with Crippen LogP contribution in [-0.4, -0.2) is 33.6 Å². The van der Waals surface area contributed by atoms with E-state index in [-0.39, 0.29) is 23.6 Å². The Morgan fingerprint density at radius 2 is 1.86 bits per heavy atom. The van der Waals surface area contributed by atoms with Crippen molar-refractivity contribution in [2.75, 3.05) is 6.61 Å². The molecule has 0 saturated carbocycles. The number of carbonyl (C=O) groups is 1. The summed E-state index contributed by atoms with van der Waals surface area (Å²) in [6.07, 6.45) is 1.54. The molecule has 2 aromatic heterocycles. The molecule has 9 nitrogen and oxygen atoms in total. The van der Waals surface area contributed by atoms with Crippen molar-refractivity contribution in [2.45, 2.75) is 13.5 Å². The molecular weight excluding hydrogens is 694 g/mol. The fourth-order valence-corrected chi connectivity index (χ4v) is 5.61. The number of carboxylic acid groups (broad SMARTS) is 1. The Hall–Kier alpha value is -4.74. The molecule has 0 atom stereocenters. The van der Waals surface area contributed by atoms with Crippen LogP contribution in [0, 0.1) is 0 Å². The van der Waals surface area contributed by atoms with Gasteiger partial charge in [0.05, 0.1) is 33.8 Å². The number of rotatable bonds is 9. The van der Waals surface area contributed by atoms with E-state index in [1.54, 1.807) is 48.5 Å². The van der Waals surface area contributed by atoms with E-state index in [9.17, 15) is 14.7 Å². The average molecular weight is 717 g/mol. The molecule has 0 aliphatic rings. The number of aromatic carboxylic acids is 1. The van der Waals surface area contributed by atoms with Crippen LogP contribution >= 0.6 is 31.9 Å². The lowest BCUT2D eigenvalue weighted by molar-refractivity contribution is 0.0696. The van der Waals surface area contributed by atoms with Crippen LogP contribution in [0.15, 0.2) is 108 Å². The molecule has 4 aromatic carbocycles. The van der Waals surface area contributed by atoms with Crippen molar-refractivity contribution < 1.29 is 23.8 Å². The maximum absolute atomic E-state index is 13.7. The number of nitrogens with zero attached hydrogens (tertiary/aromatic N) is 3. The molecule has 0 saturated heterocycles. The summed E-state index contributed by atoms with van der Waals surface area (Å²) in [6, 6.07) is 24.6. The lowest BCUT2D eigenvalue weighted by Crippen LogP contribution is -2.20. The van der Waals surface area contributed by atoms with Crippen molar-refractivity contribution >= 4 is 65.9 Å². The van der Waals surface area contributed by atoms with Crippen molar-refractivity contribution in [3.05, 3.63) is 121 Å². The normalized spacial score (nSPS) is 11.4. The maximum atomic E-state index is 13.7. The second kappa shape index (κ2) is 12.5. The lowest BCUT2D eigenvalue weighted by atomic mass is 10.1. The maximum Gasteiger partial charge on any atom is 0.335 e. The van der Waals surface area contributed by atoms with Gasteiger partial charge in [-0.25, -0.2) is 9.78 Å². The number of halogens is 2. The van der Waals surface area contributed by atoms with Gasteiger partial charge in [0, 0.05) is 9.86 Å². The van der Waals surface area contributed by atoms with E-state index in [0.717, 1.165) is 9.86 Å². The lowest BCUT2D eigenvalue weighted by Gasteiger charge is -2.15. The molecule has 0 aliphatic heterocycles. The van der Waals surface area contributed by atoms with Gasteiger partial charge < -0.3 is 19.0 Å². The monoisotopic (exact) mass is 715 g/mol. The summed E-state index contributed by atoms with van der Waals surface area (Å²) in [5.41, 5.74) is 2.32. The standard InChI is InChI=1S/C33H23Br2N3O6/c1-2-42-28-14-20(13-25(35)30(28)43-18-19-6-5-7-21(12-19)33(40)41)17-36-38-31(37-26-9-4-3-8-24(26)32(38)39)29-16-22-15-23(34)10-11-27(22)44-29/h3-17H,2,18H2,1H3,(H,40,41). The summed E-state index contributed by atoms with van der Waals surface area (Å²) in [7, 11) is 0. The van der Waals surface area contributed by atoms with E-state index >= 15 is 0 Å². The Morgan fingerprint density at radius 1 is 1.02 bits per heavy atom. The molecule has 1 N–H and O–H groups in total. The van der Waals surface area contributed by atoms with Crippen molar-refractivity contribution in [1.82, 2.24) is 9.66 Å². The van der Waals surface area contributed by atoms with Gasteiger partial charge in [-0.05, 0) is 94.6 Å². The van der Waals surface area contributed by atoms with Crippen LogP contribution in [-0.2, 0) is 6.61 Å². The smallest absolute Gasteiger partial charge is 0.335 e. The number of hydrogen-bond acceptors (Lipinski definition) is 7. The van der Waals surface area contributed by atoms with Crippen molar-refractivity contribution in [1.29, 1.82) is 0 Å². The summed E-state index contributed by atoms with van der Waals surface area (Å²) in [6.45, 7) is 2.36. The quantitative estimate of drug-likeness (QED) is 0.151. The van der Waals surface area contributed by atoms with Gasteiger partial charge in [0.25, 0.3) is 5.56 Å². The summed E-state index contributed by atoms with van der Waals surface area (Å²) < 4.78 is 20.7. The van der Waals surface area contributed by atoms with E-state index in [0.29, 0.717) is 56.0 Å². The summed E-state index contributed by atoms with van der Waals surface area (Å²) in [5.74, 6) is 0.534. The van der Waals surface area contributed by atoms with E-state index in [4.69, 9.17) is 18.9 Å². The van der Waals surface area contributed by atoms with Gasteiger partial charge >= 0.3 is 5.97 Å². The Kier molecular flexibility index (Phi) is 8.32. The predicted molar refractivity (Wildman–Crippen MR) is 175 cm³/mol. The number of aromatic nitrogens is 2. The number of hydrogen-bond donors (Lipinski definition) is 1. The van der Waals surface area contributed by atoms with Crippen molar-refractivity contribution in [3.8, 4) is 23.1 Å². The van der Waals surface area contributed by atoms with Crippen LogP contribution in [0.2, 0.25) is 0 Å². The molecule has 0 spiro atoms. The molecule has 220 valence electrons. The van der Waals surface area contributed by atoms with Crippen molar-refractivity contribution in [2.24, 2.45) is 5.10 Å². The Balaban J connectivity index is 1.38.